The number of hydrogen-bond acceptors (Lipinski definition) is 7. The summed E-state index contributed by atoms with van der Waals surface area (Å²) in [6.45, 7) is 3.60. The number of nitrogen functional groups attached to an aromatic ring is 1. The molecule has 0 aromatic heterocycles. The van der Waals surface area contributed by atoms with Gasteiger partial charge in [-0.1, -0.05) is 18.2 Å². The highest BCUT2D eigenvalue weighted by molar-refractivity contribution is 6.44. The smallest absolute Gasteiger partial charge is 0.340 e. The number of amides is 1. The van der Waals surface area contributed by atoms with Gasteiger partial charge in [0.15, 0.2) is 6.54 Å². The molecule has 1 heterocycles. The molecule has 0 aliphatic carbocycles. The standard InChI is InChI=1S/C24H26FN3O6/c1-3-32-23(30)21(24(31)33-4-2)28-12-11-27-20(22(28)29)17-13-16(9-10-19(17)26)34-14-15-7-5-6-8-18(15)25/h5-10,13,21H,3-4,11-12,14,26H2,1-2H3/p+1. The Morgan fingerprint density at radius 3 is 2.44 bits per heavy atom. The summed E-state index contributed by atoms with van der Waals surface area (Å²) >= 11 is 0. The maximum atomic E-state index is 13.9. The van der Waals surface area contributed by atoms with Crippen molar-refractivity contribution in [1.29, 1.82) is 0 Å². The van der Waals surface area contributed by atoms with Crippen molar-refractivity contribution in [1.82, 2.24) is 4.90 Å². The van der Waals surface area contributed by atoms with Crippen LogP contribution in [0.2, 0.25) is 0 Å². The number of hydrogen-bond donors (Lipinski definition) is 2. The van der Waals surface area contributed by atoms with Crippen LogP contribution in [0.1, 0.15) is 25.0 Å². The predicted octanol–water partition coefficient (Wildman–Crippen LogP) is 0.194. The van der Waals surface area contributed by atoms with E-state index in [1.54, 1.807) is 50.2 Å². The number of nitrogens with zero attached hydrogens (tertiary/aromatic N) is 1. The van der Waals surface area contributed by atoms with Crippen LogP contribution in [0.3, 0.4) is 0 Å². The Morgan fingerprint density at radius 1 is 1.12 bits per heavy atom. The van der Waals surface area contributed by atoms with E-state index in [1.165, 1.54) is 6.07 Å². The number of nitrogens with one attached hydrogen (secondary N) is 1. The van der Waals surface area contributed by atoms with Gasteiger partial charge < -0.3 is 24.8 Å². The fourth-order valence-electron chi connectivity index (χ4n) is 3.49. The number of anilines is 1. The van der Waals surface area contributed by atoms with Crippen molar-refractivity contribution in [2.45, 2.75) is 26.5 Å². The number of carbonyl (C=O) groups excluding carboxylic acids is 3. The molecule has 1 aliphatic rings. The van der Waals surface area contributed by atoms with E-state index in [2.05, 4.69) is 4.99 Å². The van der Waals surface area contributed by atoms with Gasteiger partial charge in [-0.25, -0.2) is 19.0 Å². The van der Waals surface area contributed by atoms with E-state index < -0.39 is 29.7 Å². The Bertz CT molecular complexity index is 1090. The van der Waals surface area contributed by atoms with E-state index in [0.29, 0.717) is 16.9 Å². The summed E-state index contributed by atoms with van der Waals surface area (Å²) in [5.74, 6) is -2.39. The van der Waals surface area contributed by atoms with Gasteiger partial charge in [-0.3, -0.25) is 4.79 Å². The van der Waals surface area contributed by atoms with Crippen molar-refractivity contribution in [3.05, 3.63) is 59.4 Å². The molecule has 0 saturated heterocycles. The molecule has 1 amide bonds. The van der Waals surface area contributed by atoms with Crippen LogP contribution in [0.4, 0.5) is 10.1 Å². The molecule has 0 spiro atoms. The highest BCUT2D eigenvalue weighted by Gasteiger charge is 2.44. The van der Waals surface area contributed by atoms with Crippen LogP contribution in [0.15, 0.2) is 42.5 Å². The number of nitrogens with two attached hydrogens (primary N) is 1. The lowest BCUT2D eigenvalue weighted by molar-refractivity contribution is -0.460. The topological polar surface area (TPSA) is 122 Å². The van der Waals surface area contributed by atoms with E-state index in [-0.39, 0.29) is 44.3 Å². The van der Waals surface area contributed by atoms with Crippen LogP contribution in [0.5, 0.6) is 5.75 Å². The number of ether oxygens (including phenoxy) is 3. The molecular formula is C24H27FN3O6+. The van der Waals surface area contributed by atoms with Crippen LogP contribution in [-0.2, 0) is 30.5 Å². The Hall–Kier alpha value is -3.95. The number of rotatable bonds is 9. The first-order valence-corrected chi connectivity index (χ1v) is 10.9. The summed E-state index contributed by atoms with van der Waals surface area (Å²) in [6.07, 6.45) is 0. The lowest BCUT2D eigenvalue weighted by Crippen LogP contribution is -2.82. The molecule has 10 heteroatoms. The summed E-state index contributed by atoms with van der Waals surface area (Å²) in [6, 6.07) is 9.41. The van der Waals surface area contributed by atoms with Crippen molar-refractivity contribution < 1.29 is 38.0 Å². The lowest BCUT2D eigenvalue weighted by Gasteiger charge is -2.28. The van der Waals surface area contributed by atoms with Crippen LogP contribution >= 0.6 is 0 Å². The average Bonchev–Trinajstić information content (AvgIpc) is 2.81. The number of benzene rings is 2. The predicted molar refractivity (Wildman–Crippen MR) is 120 cm³/mol. The fourth-order valence-corrected chi connectivity index (χ4v) is 3.49. The SMILES string of the molecule is CCOC(=O)C(C(=O)OCC)N1CC[NH+]=C(c2cc(OCc3ccccc3F)ccc2N)C1=O. The number of esters is 2. The minimum absolute atomic E-state index is 0.0212. The third-order valence-corrected chi connectivity index (χ3v) is 5.11. The third kappa shape index (κ3) is 5.51. The molecule has 0 bridgehead atoms. The van der Waals surface area contributed by atoms with Gasteiger partial charge in [0.1, 0.15) is 18.2 Å². The zero-order valence-corrected chi connectivity index (χ0v) is 19.0. The monoisotopic (exact) mass is 472 g/mol. The second-order valence-corrected chi connectivity index (χ2v) is 7.34. The van der Waals surface area contributed by atoms with Crippen molar-refractivity contribution in [2.24, 2.45) is 0 Å². The summed E-state index contributed by atoms with van der Waals surface area (Å²) in [4.78, 5) is 42.4. The van der Waals surface area contributed by atoms with Gasteiger partial charge in [0.25, 0.3) is 5.71 Å². The van der Waals surface area contributed by atoms with Crippen LogP contribution in [0.25, 0.3) is 0 Å². The van der Waals surface area contributed by atoms with Gasteiger partial charge in [-0.2, -0.15) is 0 Å². The molecule has 2 aromatic rings. The molecule has 0 unspecified atom stereocenters. The van der Waals surface area contributed by atoms with Gasteiger partial charge in [0.2, 0.25) is 6.04 Å². The van der Waals surface area contributed by atoms with Crippen molar-refractivity contribution >= 4 is 29.2 Å². The van der Waals surface area contributed by atoms with Crippen LogP contribution in [-0.4, -0.2) is 60.8 Å². The van der Waals surface area contributed by atoms with E-state index in [4.69, 9.17) is 19.9 Å². The molecule has 0 fully saturated rings. The molecule has 34 heavy (non-hydrogen) atoms. The summed E-state index contributed by atoms with van der Waals surface area (Å²) in [5, 5.41) is 0. The van der Waals surface area contributed by atoms with Crippen molar-refractivity contribution in [2.75, 3.05) is 32.0 Å². The van der Waals surface area contributed by atoms with Crippen molar-refractivity contribution in [3.63, 3.8) is 0 Å². The van der Waals surface area contributed by atoms with Gasteiger partial charge in [0, 0.05) is 11.3 Å². The summed E-state index contributed by atoms with van der Waals surface area (Å²) in [5.41, 5.74) is 7.19. The molecule has 1 aliphatic heterocycles. The summed E-state index contributed by atoms with van der Waals surface area (Å²) < 4.78 is 29.6. The maximum absolute atomic E-state index is 13.9. The van der Waals surface area contributed by atoms with Gasteiger partial charge in [-0.05, 0) is 38.1 Å². The Kier molecular flexibility index (Phi) is 8.18. The Morgan fingerprint density at radius 2 is 1.79 bits per heavy atom. The molecule has 180 valence electrons. The van der Waals surface area contributed by atoms with Crippen LogP contribution < -0.4 is 15.5 Å². The number of halogens is 1. The minimum atomic E-state index is -1.54. The zero-order chi connectivity index (χ0) is 24.7. The third-order valence-electron chi connectivity index (χ3n) is 5.11. The maximum Gasteiger partial charge on any atom is 0.340 e. The fraction of sp³-hybridized carbons (Fsp3) is 0.333. The Balaban J connectivity index is 1.86. The molecule has 3 rings (SSSR count). The summed E-state index contributed by atoms with van der Waals surface area (Å²) in [7, 11) is 0. The quantitative estimate of drug-likeness (QED) is 0.304. The second-order valence-electron chi connectivity index (χ2n) is 7.34. The second kappa shape index (κ2) is 11.3. The van der Waals surface area contributed by atoms with Gasteiger partial charge in [0.05, 0.1) is 25.3 Å². The van der Waals surface area contributed by atoms with Gasteiger partial charge >= 0.3 is 17.8 Å². The van der Waals surface area contributed by atoms with E-state index >= 15 is 0 Å². The first-order chi connectivity index (χ1) is 16.4. The zero-order valence-electron chi connectivity index (χ0n) is 19.0. The number of carbonyl (C=O) groups is 3. The molecule has 0 atom stereocenters. The largest absolute Gasteiger partial charge is 0.489 e. The molecule has 2 aromatic carbocycles. The first kappa shape index (κ1) is 24.7. The molecule has 9 nitrogen and oxygen atoms in total. The first-order valence-electron chi connectivity index (χ1n) is 10.9. The molecular weight excluding hydrogens is 445 g/mol. The lowest BCUT2D eigenvalue weighted by atomic mass is 10.0. The minimum Gasteiger partial charge on any atom is -0.489 e. The van der Waals surface area contributed by atoms with E-state index in [1.807, 2.05) is 0 Å². The highest BCUT2D eigenvalue weighted by Crippen LogP contribution is 2.23. The molecule has 0 radical (unpaired) electrons. The molecule has 3 N–H and O–H groups in total. The van der Waals surface area contributed by atoms with Gasteiger partial charge in [-0.15, -0.1) is 0 Å². The average molecular weight is 472 g/mol. The molecule has 0 saturated carbocycles. The van der Waals surface area contributed by atoms with E-state index in [0.717, 1.165) is 4.90 Å². The normalized spacial score (nSPS) is 13.5. The highest BCUT2D eigenvalue weighted by atomic mass is 19.1. The van der Waals surface area contributed by atoms with Crippen molar-refractivity contribution in [3.8, 4) is 5.75 Å². The van der Waals surface area contributed by atoms with Crippen LogP contribution in [0, 0.1) is 5.82 Å². The van der Waals surface area contributed by atoms with E-state index in [9.17, 15) is 18.8 Å². The Labute approximate surface area is 196 Å².